The summed E-state index contributed by atoms with van der Waals surface area (Å²) < 4.78 is 33.1. The number of hydrogen-bond donors (Lipinski definition) is 2. The monoisotopic (exact) mass is 1160 g/mol. The Kier molecular flexibility index (Phi) is 64.5. The lowest BCUT2D eigenvalue weighted by molar-refractivity contribution is -0.161. The zero-order valence-corrected chi connectivity index (χ0v) is 53.9. The second kappa shape index (κ2) is 66.6. The summed E-state index contributed by atoms with van der Waals surface area (Å²) in [5.74, 6) is -0.830. The molecule has 0 aliphatic rings. The first kappa shape index (κ1) is 78.5. The number of phosphoric ester groups is 1. The van der Waals surface area contributed by atoms with Crippen LogP contribution >= 0.6 is 7.82 Å². The van der Waals surface area contributed by atoms with Crippen molar-refractivity contribution in [2.75, 3.05) is 26.4 Å². The average Bonchev–Trinajstić information content (AvgIpc) is 3.46. The average molecular weight is 1160 g/mol. The van der Waals surface area contributed by atoms with Crippen molar-refractivity contribution in [2.45, 2.75) is 341 Å². The minimum Gasteiger partial charge on any atom is -0.462 e. The zero-order valence-electron chi connectivity index (χ0n) is 53.0. The highest BCUT2D eigenvalue weighted by molar-refractivity contribution is 7.47. The van der Waals surface area contributed by atoms with Gasteiger partial charge >= 0.3 is 19.8 Å². The molecule has 0 aromatic carbocycles. The van der Waals surface area contributed by atoms with Gasteiger partial charge in [-0.2, -0.15) is 0 Å². The minimum absolute atomic E-state index is 0.0507. The van der Waals surface area contributed by atoms with Crippen LogP contribution in [-0.4, -0.2) is 49.3 Å². The normalized spacial score (nSPS) is 13.4. The molecule has 0 heterocycles. The highest BCUT2D eigenvalue weighted by Crippen LogP contribution is 2.43. The number of rotatable bonds is 65. The van der Waals surface area contributed by atoms with Crippen LogP contribution in [0.2, 0.25) is 0 Å². The molecule has 0 aromatic rings. The number of unbranched alkanes of at least 4 members (excludes halogenated alkanes) is 40. The van der Waals surface area contributed by atoms with Gasteiger partial charge in [0.2, 0.25) is 0 Å². The third-order valence-electron chi connectivity index (χ3n) is 15.1. The van der Waals surface area contributed by atoms with Crippen LogP contribution in [0.15, 0.2) is 72.9 Å². The molecular formula is C71H130NO8P. The van der Waals surface area contributed by atoms with E-state index < -0.39 is 26.5 Å². The second-order valence-electron chi connectivity index (χ2n) is 23.0. The Morgan fingerprint density at radius 1 is 0.370 bits per heavy atom. The number of allylic oxidation sites excluding steroid dienone is 12. The molecule has 81 heavy (non-hydrogen) atoms. The molecule has 2 unspecified atom stereocenters. The number of esters is 2. The molecule has 0 bridgehead atoms. The molecular weight excluding hydrogens is 1030 g/mol. The SMILES string of the molecule is CCCCCCC/C=C\C/C=C\C/C=C\CCCCCCCCCCCCCCCCCCCCCCCCCCC(=O)OC(COC(=O)CCCCCCCC/C=C\C/C=C\C/C=C\CCCCCCC)COP(=O)(O)OCCN. The first-order valence-electron chi connectivity index (χ1n) is 34.4. The molecule has 0 saturated heterocycles. The van der Waals surface area contributed by atoms with E-state index >= 15 is 0 Å². The Balaban J connectivity index is 3.82. The maximum atomic E-state index is 12.7. The molecule has 0 saturated carbocycles. The summed E-state index contributed by atoms with van der Waals surface area (Å²) in [5.41, 5.74) is 5.39. The van der Waals surface area contributed by atoms with E-state index in [2.05, 4.69) is 86.8 Å². The van der Waals surface area contributed by atoms with Gasteiger partial charge in [-0.3, -0.25) is 18.6 Å². The first-order valence-corrected chi connectivity index (χ1v) is 35.9. The number of phosphoric acid groups is 1. The number of carbonyl (C=O) groups excluding carboxylic acids is 2. The summed E-state index contributed by atoms with van der Waals surface area (Å²) >= 11 is 0. The molecule has 9 nitrogen and oxygen atoms in total. The number of carbonyl (C=O) groups is 2. The van der Waals surface area contributed by atoms with E-state index in [0.29, 0.717) is 6.42 Å². The van der Waals surface area contributed by atoms with Crippen LogP contribution < -0.4 is 5.73 Å². The van der Waals surface area contributed by atoms with Crippen LogP contribution in [0.25, 0.3) is 0 Å². The fourth-order valence-corrected chi connectivity index (χ4v) is 10.7. The zero-order chi connectivity index (χ0) is 58.7. The Hall–Kier alpha value is -2.55. The third kappa shape index (κ3) is 66.5. The standard InChI is InChI=1S/C71H130NO8P/c1-3-5-7-9-11-13-15-17-19-21-23-25-26-27-28-29-30-31-32-33-34-35-36-37-38-39-40-41-42-44-46-48-50-52-54-56-58-60-62-64-71(74)80-69(68-79-81(75,76)78-66-65-72)67-77-70(73)63-61-59-57-55-53-51-49-47-45-43-24-22-20-18-16-14-12-10-8-6-4-2/h15-18,21-24,26-27,45,47,69H,3-14,19-20,25,28-44,46,48-68,72H2,1-2H3,(H,75,76)/b17-15-,18-16-,23-21-,24-22-,27-26-,47-45-. The van der Waals surface area contributed by atoms with Gasteiger partial charge in [0.25, 0.3) is 0 Å². The van der Waals surface area contributed by atoms with E-state index in [9.17, 15) is 19.0 Å². The minimum atomic E-state index is -4.40. The Labute approximate surface area is 501 Å². The summed E-state index contributed by atoms with van der Waals surface area (Å²) in [6.07, 6.45) is 87.2. The Bertz CT molecular complexity index is 1560. The van der Waals surface area contributed by atoms with Gasteiger partial charge < -0.3 is 20.1 Å². The van der Waals surface area contributed by atoms with Crippen LogP contribution in [0.5, 0.6) is 0 Å². The summed E-state index contributed by atoms with van der Waals surface area (Å²) in [7, 11) is -4.40. The fourth-order valence-electron chi connectivity index (χ4n) is 9.95. The summed E-state index contributed by atoms with van der Waals surface area (Å²) in [6.45, 7) is 3.74. The largest absolute Gasteiger partial charge is 0.472 e. The van der Waals surface area contributed by atoms with Crippen molar-refractivity contribution >= 4 is 19.8 Å². The molecule has 3 N–H and O–H groups in total. The molecule has 0 fully saturated rings. The topological polar surface area (TPSA) is 134 Å². The molecule has 0 aliphatic heterocycles. The van der Waals surface area contributed by atoms with Gasteiger partial charge in [0.05, 0.1) is 13.2 Å². The predicted octanol–water partition coefficient (Wildman–Crippen LogP) is 22.4. The maximum Gasteiger partial charge on any atom is 0.472 e. The van der Waals surface area contributed by atoms with Crippen molar-refractivity contribution in [3.05, 3.63) is 72.9 Å². The summed E-state index contributed by atoms with van der Waals surface area (Å²) in [6, 6.07) is 0. The van der Waals surface area contributed by atoms with Gasteiger partial charge in [-0.1, -0.05) is 305 Å². The predicted molar refractivity (Wildman–Crippen MR) is 349 cm³/mol. The van der Waals surface area contributed by atoms with Crippen molar-refractivity contribution in [1.82, 2.24) is 0 Å². The van der Waals surface area contributed by atoms with Crippen molar-refractivity contribution in [2.24, 2.45) is 5.73 Å². The number of nitrogens with two attached hydrogens (primary N) is 1. The van der Waals surface area contributed by atoms with Gasteiger partial charge in [-0.15, -0.1) is 0 Å². The van der Waals surface area contributed by atoms with E-state index in [0.717, 1.165) is 70.6 Å². The smallest absolute Gasteiger partial charge is 0.462 e. The van der Waals surface area contributed by atoms with E-state index in [-0.39, 0.29) is 38.6 Å². The fraction of sp³-hybridized carbons (Fsp3) is 0.803. The molecule has 0 spiro atoms. The van der Waals surface area contributed by atoms with Gasteiger partial charge in [0.1, 0.15) is 6.61 Å². The van der Waals surface area contributed by atoms with Crippen LogP contribution in [-0.2, 0) is 32.7 Å². The van der Waals surface area contributed by atoms with Gasteiger partial charge in [-0.05, 0) is 89.9 Å². The highest BCUT2D eigenvalue weighted by atomic mass is 31.2. The maximum absolute atomic E-state index is 12.7. The molecule has 0 aliphatic carbocycles. The Morgan fingerprint density at radius 2 is 0.642 bits per heavy atom. The lowest BCUT2D eigenvalue weighted by atomic mass is 10.0. The number of ether oxygens (including phenoxy) is 2. The molecule has 0 amide bonds. The lowest BCUT2D eigenvalue weighted by Crippen LogP contribution is -2.29. The van der Waals surface area contributed by atoms with Crippen molar-refractivity contribution in [1.29, 1.82) is 0 Å². The van der Waals surface area contributed by atoms with Crippen molar-refractivity contribution < 1.29 is 37.6 Å². The van der Waals surface area contributed by atoms with Crippen LogP contribution in [0.3, 0.4) is 0 Å². The van der Waals surface area contributed by atoms with Crippen molar-refractivity contribution in [3.8, 4) is 0 Å². The number of hydrogen-bond acceptors (Lipinski definition) is 8. The lowest BCUT2D eigenvalue weighted by Gasteiger charge is -2.19. The van der Waals surface area contributed by atoms with E-state index in [1.165, 1.54) is 231 Å². The van der Waals surface area contributed by atoms with E-state index in [1.807, 2.05) is 0 Å². The van der Waals surface area contributed by atoms with E-state index in [4.69, 9.17) is 24.3 Å². The first-order chi connectivity index (χ1) is 39.8. The van der Waals surface area contributed by atoms with Crippen LogP contribution in [0.4, 0.5) is 0 Å². The van der Waals surface area contributed by atoms with Crippen LogP contribution in [0, 0.1) is 0 Å². The third-order valence-corrected chi connectivity index (χ3v) is 16.0. The molecule has 2 atom stereocenters. The molecule has 0 rings (SSSR count). The quantitative estimate of drug-likeness (QED) is 0.0264. The summed E-state index contributed by atoms with van der Waals surface area (Å²) in [5, 5.41) is 0. The molecule has 0 aromatic heterocycles. The van der Waals surface area contributed by atoms with Gasteiger partial charge in [0, 0.05) is 19.4 Å². The van der Waals surface area contributed by atoms with Gasteiger partial charge in [0.15, 0.2) is 6.10 Å². The molecule has 10 heteroatoms. The Morgan fingerprint density at radius 3 is 0.951 bits per heavy atom. The van der Waals surface area contributed by atoms with Crippen molar-refractivity contribution in [3.63, 3.8) is 0 Å². The van der Waals surface area contributed by atoms with Gasteiger partial charge in [-0.25, -0.2) is 4.57 Å². The second-order valence-corrected chi connectivity index (χ2v) is 24.5. The molecule has 0 radical (unpaired) electrons. The molecule has 472 valence electrons. The van der Waals surface area contributed by atoms with E-state index in [1.54, 1.807) is 0 Å². The van der Waals surface area contributed by atoms with Crippen LogP contribution in [0.1, 0.15) is 335 Å². The summed E-state index contributed by atoms with van der Waals surface area (Å²) in [4.78, 5) is 35.3. The highest BCUT2D eigenvalue weighted by Gasteiger charge is 2.26.